The van der Waals surface area contributed by atoms with Crippen LogP contribution in [0.4, 0.5) is 25.8 Å². The molecule has 3 aromatic carbocycles. The van der Waals surface area contributed by atoms with E-state index >= 15 is 0 Å². The highest BCUT2D eigenvalue weighted by Crippen LogP contribution is 2.43. The van der Waals surface area contributed by atoms with E-state index in [0.717, 1.165) is 47.9 Å². The first kappa shape index (κ1) is 25.5. The molecule has 0 aromatic heterocycles. The zero-order chi connectivity index (χ0) is 26.9. The Hall–Kier alpha value is -4.60. The molecule has 1 aliphatic rings. The second-order valence-electron chi connectivity index (χ2n) is 8.33. The summed E-state index contributed by atoms with van der Waals surface area (Å²) in [5, 5.41) is 22.1. The van der Waals surface area contributed by atoms with Crippen LogP contribution in [-0.2, 0) is 9.59 Å². The van der Waals surface area contributed by atoms with Gasteiger partial charge in [-0.1, -0.05) is 12.1 Å². The Bertz CT molecular complexity index is 1400. The van der Waals surface area contributed by atoms with Crippen LogP contribution in [0.15, 0.2) is 72.3 Å². The lowest BCUT2D eigenvalue weighted by Crippen LogP contribution is -2.30. The number of hydrogen-bond donors (Lipinski definition) is 1. The number of carbonyl (C=O) groups is 2. The van der Waals surface area contributed by atoms with Gasteiger partial charge in [-0.3, -0.25) is 24.6 Å². The third-order valence-corrected chi connectivity index (χ3v) is 6.30. The number of hydrogen-bond acceptors (Lipinski definition) is 6. The zero-order valence-electron chi connectivity index (χ0n) is 20.0. The number of anilines is 2. The summed E-state index contributed by atoms with van der Waals surface area (Å²) in [6.07, 6.45) is 0. The fourth-order valence-electron chi connectivity index (χ4n) is 4.43. The van der Waals surface area contributed by atoms with E-state index in [-0.39, 0.29) is 22.5 Å². The van der Waals surface area contributed by atoms with Crippen molar-refractivity contribution in [1.82, 2.24) is 0 Å². The van der Waals surface area contributed by atoms with Crippen LogP contribution in [0.5, 0.6) is 0 Å². The highest BCUT2D eigenvalue weighted by molar-refractivity contribution is 6.51. The van der Waals surface area contributed by atoms with Crippen molar-refractivity contribution in [2.45, 2.75) is 19.9 Å². The Morgan fingerprint density at radius 1 is 1.00 bits per heavy atom. The molecule has 1 N–H and O–H groups in total. The number of aliphatic hydroxyl groups is 1. The van der Waals surface area contributed by atoms with Crippen LogP contribution in [0.2, 0.25) is 0 Å². The number of aliphatic hydroxyl groups excluding tert-OH is 1. The summed E-state index contributed by atoms with van der Waals surface area (Å²) in [4.78, 5) is 39.7. The van der Waals surface area contributed by atoms with E-state index in [1.165, 1.54) is 12.1 Å². The molecule has 0 saturated carbocycles. The predicted molar refractivity (Wildman–Crippen MR) is 134 cm³/mol. The SMILES string of the molecule is CCN(CC)c1ccc(C2/C(=C(\O)c3ccc([N+](=O)[O-])cc3)C(=O)C(=O)N2c2ccc(F)cc2F)cc1. The minimum atomic E-state index is -1.24. The molecule has 1 aliphatic heterocycles. The molecule has 0 aliphatic carbocycles. The Morgan fingerprint density at radius 3 is 2.16 bits per heavy atom. The van der Waals surface area contributed by atoms with Gasteiger partial charge in [0.25, 0.3) is 17.4 Å². The van der Waals surface area contributed by atoms with Gasteiger partial charge in [0.05, 0.1) is 22.2 Å². The molecule has 37 heavy (non-hydrogen) atoms. The van der Waals surface area contributed by atoms with Crippen molar-refractivity contribution in [1.29, 1.82) is 0 Å². The molecule has 1 amide bonds. The van der Waals surface area contributed by atoms with Crippen molar-refractivity contribution >= 4 is 34.5 Å². The standard InChI is InChI=1S/C27H23F2N3O5/c1-3-30(4-2)19-10-5-16(6-11-19)24-23(25(33)17-7-12-20(13-8-17)32(36)37)26(34)27(35)31(24)22-14-9-18(28)15-21(22)29/h5-15,24,33H,3-4H2,1-2H3/b25-23+. The van der Waals surface area contributed by atoms with Crippen LogP contribution in [-0.4, -0.2) is 34.8 Å². The van der Waals surface area contributed by atoms with Gasteiger partial charge in [-0.05, 0) is 55.8 Å². The number of non-ortho nitro benzene ring substituents is 1. The minimum Gasteiger partial charge on any atom is -0.507 e. The van der Waals surface area contributed by atoms with Gasteiger partial charge in [-0.15, -0.1) is 0 Å². The maximum Gasteiger partial charge on any atom is 0.300 e. The number of Topliss-reactive ketones (excluding diaryl/α,β-unsaturated/α-hetero) is 1. The summed E-state index contributed by atoms with van der Waals surface area (Å²) >= 11 is 0. The van der Waals surface area contributed by atoms with Gasteiger partial charge in [-0.2, -0.15) is 0 Å². The van der Waals surface area contributed by atoms with E-state index in [2.05, 4.69) is 4.90 Å². The molecule has 10 heteroatoms. The Balaban J connectivity index is 1.91. The monoisotopic (exact) mass is 507 g/mol. The highest BCUT2D eigenvalue weighted by Gasteiger charge is 2.47. The van der Waals surface area contributed by atoms with Crippen molar-refractivity contribution in [3.05, 3.63) is 105 Å². The molecule has 4 rings (SSSR count). The van der Waals surface area contributed by atoms with Gasteiger partial charge in [0.15, 0.2) is 0 Å². The molecule has 0 bridgehead atoms. The average Bonchev–Trinajstić information content (AvgIpc) is 3.15. The third kappa shape index (κ3) is 4.65. The molecule has 1 unspecified atom stereocenters. The summed E-state index contributed by atoms with van der Waals surface area (Å²) in [6.45, 7) is 5.48. The van der Waals surface area contributed by atoms with Gasteiger partial charge >= 0.3 is 0 Å². The lowest BCUT2D eigenvalue weighted by molar-refractivity contribution is -0.384. The molecule has 0 radical (unpaired) electrons. The number of nitro groups is 1. The largest absolute Gasteiger partial charge is 0.507 e. The quantitative estimate of drug-likeness (QED) is 0.152. The first-order valence-corrected chi connectivity index (χ1v) is 11.5. The number of amides is 1. The first-order valence-electron chi connectivity index (χ1n) is 11.5. The van der Waals surface area contributed by atoms with E-state index in [0.29, 0.717) is 11.6 Å². The van der Waals surface area contributed by atoms with Crippen molar-refractivity contribution < 1.29 is 28.4 Å². The van der Waals surface area contributed by atoms with Crippen molar-refractivity contribution in [2.75, 3.05) is 22.9 Å². The van der Waals surface area contributed by atoms with E-state index in [1.807, 2.05) is 13.8 Å². The summed E-state index contributed by atoms with van der Waals surface area (Å²) < 4.78 is 28.4. The van der Waals surface area contributed by atoms with Crippen molar-refractivity contribution in [3.63, 3.8) is 0 Å². The van der Waals surface area contributed by atoms with E-state index in [1.54, 1.807) is 24.3 Å². The molecule has 1 heterocycles. The van der Waals surface area contributed by atoms with Gasteiger partial charge in [0, 0.05) is 42.5 Å². The van der Waals surface area contributed by atoms with Gasteiger partial charge < -0.3 is 10.0 Å². The normalized spacial score (nSPS) is 16.8. The molecular formula is C27H23F2N3O5. The smallest absolute Gasteiger partial charge is 0.300 e. The topological polar surface area (TPSA) is 104 Å². The predicted octanol–water partition coefficient (Wildman–Crippen LogP) is 5.35. The van der Waals surface area contributed by atoms with Crippen LogP contribution < -0.4 is 9.80 Å². The van der Waals surface area contributed by atoms with Gasteiger partial charge in [0.2, 0.25) is 0 Å². The lowest BCUT2D eigenvalue weighted by atomic mass is 9.94. The molecule has 1 saturated heterocycles. The average molecular weight is 507 g/mol. The van der Waals surface area contributed by atoms with Crippen molar-refractivity contribution in [2.24, 2.45) is 0 Å². The number of rotatable bonds is 7. The zero-order valence-corrected chi connectivity index (χ0v) is 20.0. The van der Waals surface area contributed by atoms with Crippen LogP contribution in [0.3, 0.4) is 0 Å². The van der Waals surface area contributed by atoms with E-state index < -0.39 is 40.0 Å². The summed E-state index contributed by atoms with van der Waals surface area (Å²) in [5.41, 5.74) is 0.473. The molecule has 8 nitrogen and oxygen atoms in total. The maximum absolute atomic E-state index is 14.8. The van der Waals surface area contributed by atoms with Crippen LogP contribution in [0.1, 0.15) is 31.0 Å². The lowest BCUT2D eigenvalue weighted by Gasteiger charge is -2.27. The highest BCUT2D eigenvalue weighted by atomic mass is 19.1. The van der Waals surface area contributed by atoms with Gasteiger partial charge in [0.1, 0.15) is 17.4 Å². The van der Waals surface area contributed by atoms with Crippen LogP contribution >= 0.6 is 0 Å². The van der Waals surface area contributed by atoms with Crippen LogP contribution in [0.25, 0.3) is 5.76 Å². The fourth-order valence-corrected chi connectivity index (χ4v) is 4.43. The minimum absolute atomic E-state index is 0.0629. The Labute approximate surface area is 211 Å². The summed E-state index contributed by atoms with van der Waals surface area (Å²) in [7, 11) is 0. The molecule has 1 atom stereocenters. The number of nitro benzene ring substituents is 1. The summed E-state index contributed by atoms with van der Waals surface area (Å²) in [6, 6.07) is 13.1. The maximum atomic E-state index is 14.8. The Kier molecular flexibility index (Phi) is 7.01. The van der Waals surface area contributed by atoms with Crippen molar-refractivity contribution in [3.8, 4) is 0 Å². The second kappa shape index (κ2) is 10.2. The number of nitrogens with zero attached hydrogens (tertiary/aromatic N) is 3. The van der Waals surface area contributed by atoms with Crippen LogP contribution in [0, 0.1) is 21.7 Å². The second-order valence-corrected chi connectivity index (χ2v) is 8.33. The van der Waals surface area contributed by atoms with Gasteiger partial charge in [-0.25, -0.2) is 8.78 Å². The number of carbonyl (C=O) groups excluding carboxylic acids is 2. The number of benzene rings is 3. The van der Waals surface area contributed by atoms with E-state index in [9.17, 15) is 33.6 Å². The first-order chi connectivity index (χ1) is 17.7. The third-order valence-electron chi connectivity index (χ3n) is 6.30. The molecule has 1 fully saturated rings. The molecular weight excluding hydrogens is 484 g/mol. The number of halogens is 2. The summed E-state index contributed by atoms with van der Waals surface area (Å²) in [5.74, 6) is -4.66. The fraction of sp³-hybridized carbons (Fsp3) is 0.185. The molecule has 0 spiro atoms. The number of ketones is 1. The molecule has 3 aromatic rings. The molecule has 190 valence electrons. The Morgan fingerprint density at radius 2 is 1.62 bits per heavy atom. The van der Waals surface area contributed by atoms with E-state index in [4.69, 9.17) is 0 Å².